The van der Waals surface area contributed by atoms with Crippen LogP contribution in [0.1, 0.15) is 10.4 Å². The van der Waals surface area contributed by atoms with Gasteiger partial charge in [0.05, 0.1) is 38.3 Å². The molecule has 10 nitrogen and oxygen atoms in total. The van der Waals surface area contributed by atoms with Crippen molar-refractivity contribution < 1.29 is 32.9 Å². The number of aromatic carboxylic acids is 1. The minimum Gasteiger partial charge on any atom is -0.478 e. The molecule has 0 unspecified atom stereocenters. The number of benzene rings is 2. The molecule has 13 heteroatoms. The minimum absolute atomic E-state index is 0.400. The molecule has 1 N–H and O–H groups in total. The third kappa shape index (κ3) is 3.50. The van der Waals surface area contributed by atoms with E-state index < -0.39 is 72.9 Å². The van der Waals surface area contributed by atoms with Gasteiger partial charge in [0.25, 0.3) is 11.4 Å². The molecule has 1 heterocycles. The maximum absolute atomic E-state index is 14.1. The fourth-order valence-electron chi connectivity index (χ4n) is 2.63. The fraction of sp³-hybridized carbons (Fsp3) is 0. The number of aromatic nitrogens is 2. The number of carbonyl (C=O) groups is 1. The van der Waals surface area contributed by atoms with Gasteiger partial charge in [0.2, 0.25) is 0 Å². The molecule has 152 valence electrons. The zero-order valence-electron chi connectivity index (χ0n) is 14.4. The van der Waals surface area contributed by atoms with Crippen molar-refractivity contribution in [3.8, 4) is 22.6 Å². The van der Waals surface area contributed by atoms with Gasteiger partial charge >= 0.3 is 5.97 Å². The van der Waals surface area contributed by atoms with Gasteiger partial charge in [-0.15, -0.1) is 0 Å². The Morgan fingerprint density at radius 2 is 1.70 bits per heavy atom. The van der Waals surface area contributed by atoms with Crippen LogP contribution >= 0.6 is 0 Å². The van der Waals surface area contributed by atoms with Gasteiger partial charge in [-0.3, -0.25) is 20.2 Å². The van der Waals surface area contributed by atoms with E-state index in [1.807, 2.05) is 0 Å². The molecule has 1 aromatic heterocycles. The average Bonchev–Trinajstić information content (AvgIpc) is 2.71. The maximum atomic E-state index is 14.1. The lowest BCUT2D eigenvalue weighted by atomic mass is 10.0. The van der Waals surface area contributed by atoms with Crippen molar-refractivity contribution in [2.75, 3.05) is 0 Å². The van der Waals surface area contributed by atoms with E-state index in [4.69, 9.17) is 0 Å². The molecular weight excluding hydrogens is 413 g/mol. The quantitative estimate of drug-likeness (QED) is 0.373. The fourth-order valence-corrected chi connectivity index (χ4v) is 2.63. The number of hydrogen-bond donors (Lipinski definition) is 1. The summed E-state index contributed by atoms with van der Waals surface area (Å²) in [4.78, 5) is 39.5. The van der Waals surface area contributed by atoms with Crippen LogP contribution in [0.15, 0.2) is 36.5 Å². The smallest absolute Gasteiger partial charge is 0.336 e. The lowest BCUT2D eigenvalue weighted by Crippen LogP contribution is -2.06. The van der Waals surface area contributed by atoms with Crippen LogP contribution in [0.25, 0.3) is 22.6 Å². The van der Waals surface area contributed by atoms with E-state index >= 15 is 0 Å². The van der Waals surface area contributed by atoms with E-state index in [-0.39, 0.29) is 0 Å². The van der Waals surface area contributed by atoms with Crippen molar-refractivity contribution in [2.24, 2.45) is 0 Å². The summed E-state index contributed by atoms with van der Waals surface area (Å²) in [7, 11) is 0. The molecule has 0 aliphatic heterocycles. The molecule has 3 rings (SSSR count). The molecule has 0 aliphatic carbocycles. The number of nitro benzene ring substituents is 2. The van der Waals surface area contributed by atoms with Crippen LogP contribution in [-0.4, -0.2) is 30.9 Å². The lowest BCUT2D eigenvalue weighted by Gasteiger charge is -2.09. The molecule has 2 aromatic carbocycles. The Labute approximate surface area is 163 Å². The highest BCUT2D eigenvalue weighted by atomic mass is 19.2. The highest BCUT2D eigenvalue weighted by Crippen LogP contribution is 2.37. The Kier molecular flexibility index (Phi) is 5.11. The molecular formula is C17H7F3N4O6. The van der Waals surface area contributed by atoms with Crippen LogP contribution < -0.4 is 0 Å². The van der Waals surface area contributed by atoms with Gasteiger partial charge in [-0.1, -0.05) is 0 Å². The Hall–Kier alpha value is -4.42. The Bertz CT molecular complexity index is 1200. The third-order valence-electron chi connectivity index (χ3n) is 3.93. The summed E-state index contributed by atoms with van der Waals surface area (Å²) in [5.41, 5.74) is -4.20. The van der Waals surface area contributed by atoms with Crippen molar-refractivity contribution in [2.45, 2.75) is 0 Å². The maximum Gasteiger partial charge on any atom is 0.336 e. The number of nitrogens with zero attached hydrogens (tertiary/aromatic N) is 4. The van der Waals surface area contributed by atoms with E-state index in [1.54, 1.807) is 0 Å². The summed E-state index contributed by atoms with van der Waals surface area (Å²) in [5.74, 6) is -7.13. The summed E-state index contributed by atoms with van der Waals surface area (Å²) in [5, 5.41) is 31.8. The molecule has 3 aromatic rings. The third-order valence-corrected chi connectivity index (χ3v) is 3.93. The average molecular weight is 420 g/mol. The predicted octanol–water partition coefficient (Wildman–Crippen LogP) is 3.74. The zero-order chi connectivity index (χ0) is 22.2. The van der Waals surface area contributed by atoms with Gasteiger partial charge in [-0.2, -0.15) is 0 Å². The summed E-state index contributed by atoms with van der Waals surface area (Å²) in [6.45, 7) is 0. The lowest BCUT2D eigenvalue weighted by molar-refractivity contribution is -0.393. The first kappa shape index (κ1) is 20.3. The summed E-state index contributed by atoms with van der Waals surface area (Å²) in [6, 6.07) is 3.63. The second-order valence-corrected chi connectivity index (χ2v) is 5.70. The van der Waals surface area contributed by atoms with Gasteiger partial charge in [0.15, 0.2) is 23.3 Å². The van der Waals surface area contributed by atoms with Gasteiger partial charge in [0.1, 0.15) is 0 Å². The number of rotatable bonds is 5. The number of hydrogen-bond acceptors (Lipinski definition) is 7. The van der Waals surface area contributed by atoms with Crippen LogP contribution in [0, 0.1) is 37.7 Å². The normalized spacial score (nSPS) is 10.6. The Balaban J connectivity index is 2.31. The molecule has 0 aliphatic rings. The second-order valence-electron chi connectivity index (χ2n) is 5.70. The molecule has 0 bridgehead atoms. The monoisotopic (exact) mass is 420 g/mol. The first-order valence-electron chi connectivity index (χ1n) is 7.79. The van der Waals surface area contributed by atoms with Gasteiger partial charge < -0.3 is 5.11 Å². The van der Waals surface area contributed by atoms with Crippen LogP contribution in [0.3, 0.4) is 0 Å². The molecule has 0 radical (unpaired) electrons. The predicted molar refractivity (Wildman–Crippen MR) is 93.0 cm³/mol. The Morgan fingerprint density at radius 3 is 2.30 bits per heavy atom. The van der Waals surface area contributed by atoms with Gasteiger partial charge in [0, 0.05) is 12.3 Å². The van der Waals surface area contributed by atoms with Crippen LogP contribution in [-0.2, 0) is 0 Å². The van der Waals surface area contributed by atoms with Crippen molar-refractivity contribution in [3.63, 3.8) is 0 Å². The molecule has 0 spiro atoms. The number of non-ortho nitro benzene ring substituents is 1. The first-order valence-corrected chi connectivity index (χ1v) is 7.79. The molecule has 30 heavy (non-hydrogen) atoms. The molecule has 0 saturated carbocycles. The van der Waals surface area contributed by atoms with Crippen LogP contribution in [0.4, 0.5) is 24.5 Å². The highest BCUT2D eigenvalue weighted by molar-refractivity contribution is 5.99. The van der Waals surface area contributed by atoms with E-state index in [0.717, 1.165) is 18.3 Å². The Morgan fingerprint density at radius 1 is 1.00 bits per heavy atom. The summed E-state index contributed by atoms with van der Waals surface area (Å²) >= 11 is 0. The second kappa shape index (κ2) is 7.54. The zero-order valence-corrected chi connectivity index (χ0v) is 14.4. The highest BCUT2D eigenvalue weighted by Gasteiger charge is 2.29. The standard InChI is InChI=1S/C17H7F3N4O6/c18-10-2-1-8(14(19)15(10)20)16-21-4-3-11(22-16)13-9(17(25)26)5-7(23(27)28)6-12(13)24(29)30/h1-6H,(H,25,26). The number of carboxylic acids is 1. The van der Waals surface area contributed by atoms with E-state index in [1.165, 1.54) is 0 Å². The van der Waals surface area contributed by atoms with Crippen LogP contribution in [0.5, 0.6) is 0 Å². The minimum atomic E-state index is -1.80. The molecule has 0 amide bonds. The van der Waals surface area contributed by atoms with Crippen molar-refractivity contribution in [1.29, 1.82) is 0 Å². The molecule has 0 atom stereocenters. The number of carboxylic acid groups (broad SMARTS) is 1. The topological polar surface area (TPSA) is 149 Å². The van der Waals surface area contributed by atoms with Gasteiger partial charge in [-0.25, -0.2) is 27.9 Å². The van der Waals surface area contributed by atoms with Crippen molar-refractivity contribution in [1.82, 2.24) is 9.97 Å². The van der Waals surface area contributed by atoms with Gasteiger partial charge in [-0.05, 0) is 18.2 Å². The van der Waals surface area contributed by atoms with Crippen molar-refractivity contribution in [3.05, 3.63) is 79.8 Å². The summed E-state index contributed by atoms with van der Waals surface area (Å²) in [6.07, 6.45) is 0.981. The largest absolute Gasteiger partial charge is 0.478 e. The number of halogens is 3. The first-order chi connectivity index (χ1) is 14.1. The molecule has 0 fully saturated rings. The van der Waals surface area contributed by atoms with Crippen LogP contribution in [0.2, 0.25) is 0 Å². The van der Waals surface area contributed by atoms with E-state index in [2.05, 4.69) is 9.97 Å². The van der Waals surface area contributed by atoms with E-state index in [9.17, 15) is 43.3 Å². The van der Waals surface area contributed by atoms with E-state index in [0.29, 0.717) is 18.2 Å². The van der Waals surface area contributed by atoms with Crippen molar-refractivity contribution >= 4 is 17.3 Å². The number of nitro groups is 2. The summed E-state index contributed by atoms with van der Waals surface area (Å²) < 4.78 is 40.7. The SMILES string of the molecule is O=C(O)c1cc([N+](=O)[O-])cc([N+](=O)[O-])c1-c1ccnc(-c2ccc(F)c(F)c2F)n1. The molecule has 0 saturated heterocycles.